The number of hydrogen-bond acceptors (Lipinski definition) is 2. The molecule has 21 heavy (non-hydrogen) atoms. The molecule has 112 valence electrons. The van der Waals surface area contributed by atoms with E-state index in [4.69, 9.17) is 16.3 Å². The Hall–Kier alpha value is -1.65. The van der Waals surface area contributed by atoms with Gasteiger partial charge in [-0.2, -0.15) is 0 Å². The van der Waals surface area contributed by atoms with Crippen molar-refractivity contribution in [1.29, 1.82) is 0 Å². The topological polar surface area (TPSA) is 21.3 Å². The molecule has 0 aliphatic carbocycles. The molecule has 2 nitrogen and oxygen atoms in total. The van der Waals surface area contributed by atoms with Gasteiger partial charge in [0.2, 0.25) is 0 Å². The molecule has 2 aromatic carbocycles. The van der Waals surface area contributed by atoms with Crippen molar-refractivity contribution < 1.29 is 13.5 Å². The lowest BCUT2D eigenvalue weighted by atomic mass is 9.98. The van der Waals surface area contributed by atoms with E-state index in [0.29, 0.717) is 17.1 Å². The second-order valence-electron chi connectivity index (χ2n) is 4.55. The fourth-order valence-electron chi connectivity index (χ4n) is 2.20. The molecule has 2 aromatic rings. The molecular weight excluding hydrogens is 296 g/mol. The van der Waals surface area contributed by atoms with Crippen molar-refractivity contribution in [2.75, 3.05) is 13.7 Å². The van der Waals surface area contributed by atoms with Gasteiger partial charge in [-0.3, -0.25) is 0 Å². The third kappa shape index (κ3) is 3.52. The van der Waals surface area contributed by atoms with E-state index < -0.39 is 5.82 Å². The molecule has 0 saturated carbocycles. The third-order valence-corrected chi connectivity index (χ3v) is 3.53. The van der Waals surface area contributed by atoms with E-state index in [2.05, 4.69) is 5.32 Å². The Bertz CT molecular complexity index is 634. The Kier molecular flexibility index (Phi) is 5.15. The van der Waals surface area contributed by atoms with Crippen LogP contribution in [0.3, 0.4) is 0 Å². The molecule has 2 rings (SSSR count). The third-order valence-electron chi connectivity index (χ3n) is 3.19. The predicted molar refractivity (Wildman–Crippen MR) is 79.9 cm³/mol. The van der Waals surface area contributed by atoms with Crippen molar-refractivity contribution in [3.05, 3.63) is 64.2 Å². The second-order valence-corrected chi connectivity index (χ2v) is 4.96. The Balaban J connectivity index is 2.50. The SMILES string of the molecule is CCNC(c1ccc(F)c(OC)c1)c1cc(F)ccc1Cl. The highest BCUT2D eigenvalue weighted by Crippen LogP contribution is 2.31. The fourth-order valence-corrected chi connectivity index (χ4v) is 2.43. The zero-order valence-corrected chi connectivity index (χ0v) is 12.5. The van der Waals surface area contributed by atoms with Crippen LogP contribution >= 0.6 is 11.6 Å². The Labute approximate surface area is 127 Å². The molecule has 1 unspecified atom stereocenters. The summed E-state index contributed by atoms with van der Waals surface area (Å²) >= 11 is 6.17. The van der Waals surface area contributed by atoms with E-state index in [1.165, 1.54) is 31.4 Å². The quantitative estimate of drug-likeness (QED) is 0.887. The van der Waals surface area contributed by atoms with Crippen molar-refractivity contribution >= 4 is 11.6 Å². The molecule has 0 aliphatic heterocycles. The number of hydrogen-bond donors (Lipinski definition) is 1. The Morgan fingerprint density at radius 3 is 2.62 bits per heavy atom. The second kappa shape index (κ2) is 6.87. The first-order valence-corrected chi connectivity index (χ1v) is 6.96. The van der Waals surface area contributed by atoms with Crippen molar-refractivity contribution in [2.45, 2.75) is 13.0 Å². The van der Waals surface area contributed by atoms with Crippen LogP contribution in [-0.4, -0.2) is 13.7 Å². The summed E-state index contributed by atoms with van der Waals surface area (Å²) in [5.74, 6) is -0.670. The average Bonchev–Trinajstić information content (AvgIpc) is 2.48. The molecule has 0 fully saturated rings. The van der Waals surface area contributed by atoms with Gasteiger partial charge >= 0.3 is 0 Å². The average molecular weight is 312 g/mol. The summed E-state index contributed by atoms with van der Waals surface area (Å²) in [6.07, 6.45) is 0. The minimum atomic E-state index is -0.443. The number of ether oxygens (including phenoxy) is 1. The molecular formula is C16H16ClF2NO. The molecule has 1 atom stereocenters. The standard InChI is InChI=1S/C16H16ClF2NO/c1-3-20-16(12-9-11(18)5-6-13(12)17)10-4-7-14(19)15(8-10)21-2/h4-9,16,20H,3H2,1-2H3. The summed E-state index contributed by atoms with van der Waals surface area (Å²) in [6.45, 7) is 2.58. The van der Waals surface area contributed by atoms with Crippen LogP contribution in [0.15, 0.2) is 36.4 Å². The summed E-state index contributed by atoms with van der Waals surface area (Å²) < 4.78 is 32.0. The lowest BCUT2D eigenvalue weighted by Gasteiger charge is -2.21. The fraction of sp³-hybridized carbons (Fsp3) is 0.250. The van der Waals surface area contributed by atoms with Crippen LogP contribution in [0, 0.1) is 11.6 Å². The van der Waals surface area contributed by atoms with Crippen LogP contribution in [0.2, 0.25) is 5.02 Å². The normalized spacial score (nSPS) is 12.2. The maximum atomic E-state index is 13.5. The van der Waals surface area contributed by atoms with Crippen LogP contribution in [-0.2, 0) is 0 Å². The van der Waals surface area contributed by atoms with Crippen molar-refractivity contribution in [3.8, 4) is 5.75 Å². The van der Waals surface area contributed by atoms with Crippen LogP contribution < -0.4 is 10.1 Å². The summed E-state index contributed by atoms with van der Waals surface area (Å²) in [4.78, 5) is 0. The molecule has 0 heterocycles. The predicted octanol–water partition coefficient (Wildman–Crippen LogP) is 4.33. The van der Waals surface area contributed by atoms with Crippen molar-refractivity contribution in [3.63, 3.8) is 0 Å². The van der Waals surface area contributed by atoms with Crippen LogP contribution in [0.4, 0.5) is 8.78 Å². The number of methoxy groups -OCH3 is 1. The number of nitrogens with one attached hydrogen (secondary N) is 1. The minimum absolute atomic E-state index is 0.142. The molecule has 0 amide bonds. The summed E-state index contributed by atoms with van der Waals surface area (Å²) in [7, 11) is 1.40. The van der Waals surface area contributed by atoms with Gasteiger partial charge in [0.1, 0.15) is 5.82 Å². The van der Waals surface area contributed by atoms with Gasteiger partial charge in [-0.25, -0.2) is 8.78 Å². The number of benzene rings is 2. The van der Waals surface area contributed by atoms with E-state index in [-0.39, 0.29) is 17.6 Å². The molecule has 0 bridgehead atoms. The zero-order valence-electron chi connectivity index (χ0n) is 11.8. The summed E-state index contributed by atoms with van der Waals surface area (Å²) in [5.41, 5.74) is 1.36. The summed E-state index contributed by atoms with van der Waals surface area (Å²) in [6, 6.07) is 8.40. The van der Waals surface area contributed by atoms with Gasteiger partial charge in [-0.05, 0) is 48.0 Å². The lowest BCUT2D eigenvalue weighted by Crippen LogP contribution is -2.22. The maximum absolute atomic E-state index is 13.5. The summed E-state index contributed by atoms with van der Waals surface area (Å²) in [5, 5.41) is 3.67. The molecule has 1 N–H and O–H groups in total. The monoisotopic (exact) mass is 311 g/mol. The first-order valence-electron chi connectivity index (χ1n) is 6.58. The van der Waals surface area contributed by atoms with Gasteiger partial charge < -0.3 is 10.1 Å². The van der Waals surface area contributed by atoms with Crippen molar-refractivity contribution in [2.24, 2.45) is 0 Å². The molecule has 0 aliphatic rings. The Morgan fingerprint density at radius 2 is 1.95 bits per heavy atom. The largest absolute Gasteiger partial charge is 0.494 e. The smallest absolute Gasteiger partial charge is 0.165 e. The van der Waals surface area contributed by atoms with Crippen molar-refractivity contribution in [1.82, 2.24) is 5.32 Å². The van der Waals surface area contributed by atoms with Crippen LogP contribution in [0.1, 0.15) is 24.1 Å². The lowest BCUT2D eigenvalue weighted by molar-refractivity contribution is 0.385. The van der Waals surface area contributed by atoms with Gasteiger partial charge in [0, 0.05) is 5.02 Å². The highest BCUT2D eigenvalue weighted by Gasteiger charge is 2.18. The van der Waals surface area contributed by atoms with Crippen LogP contribution in [0.5, 0.6) is 5.75 Å². The first kappa shape index (κ1) is 15.7. The van der Waals surface area contributed by atoms with Gasteiger partial charge in [-0.1, -0.05) is 24.6 Å². The molecule has 0 aromatic heterocycles. The molecule has 5 heteroatoms. The van der Waals surface area contributed by atoms with Gasteiger partial charge in [-0.15, -0.1) is 0 Å². The van der Waals surface area contributed by atoms with E-state index in [9.17, 15) is 8.78 Å². The molecule has 0 spiro atoms. The highest BCUT2D eigenvalue weighted by atomic mass is 35.5. The zero-order chi connectivity index (χ0) is 15.4. The van der Waals surface area contributed by atoms with E-state index in [1.807, 2.05) is 6.92 Å². The number of rotatable bonds is 5. The van der Waals surface area contributed by atoms with Crippen LogP contribution in [0.25, 0.3) is 0 Å². The highest BCUT2D eigenvalue weighted by molar-refractivity contribution is 6.31. The molecule has 0 saturated heterocycles. The van der Waals surface area contributed by atoms with Gasteiger partial charge in [0.15, 0.2) is 11.6 Å². The van der Waals surface area contributed by atoms with E-state index in [0.717, 1.165) is 5.56 Å². The number of halogens is 3. The maximum Gasteiger partial charge on any atom is 0.165 e. The van der Waals surface area contributed by atoms with E-state index in [1.54, 1.807) is 12.1 Å². The first-order chi connectivity index (χ1) is 10.1. The van der Waals surface area contributed by atoms with Gasteiger partial charge in [0.05, 0.1) is 13.2 Å². The minimum Gasteiger partial charge on any atom is -0.494 e. The Morgan fingerprint density at radius 1 is 1.19 bits per heavy atom. The molecule has 0 radical (unpaired) electrons. The van der Waals surface area contributed by atoms with E-state index >= 15 is 0 Å². The van der Waals surface area contributed by atoms with Gasteiger partial charge in [0.25, 0.3) is 0 Å².